The van der Waals surface area contributed by atoms with Crippen LogP contribution in [0.25, 0.3) is 16.9 Å². The van der Waals surface area contributed by atoms with Crippen LogP contribution in [-0.4, -0.2) is 29.8 Å². The van der Waals surface area contributed by atoms with Crippen LogP contribution in [0.1, 0.15) is 30.5 Å². The zero-order chi connectivity index (χ0) is 22.3. The van der Waals surface area contributed by atoms with E-state index in [2.05, 4.69) is 4.99 Å². The minimum absolute atomic E-state index is 0.242. The molecule has 0 aliphatic carbocycles. The maximum Gasteiger partial charge on any atom is 0.217 e. The summed E-state index contributed by atoms with van der Waals surface area (Å²) in [6.45, 7) is 4.78. The molecule has 5 rings (SSSR count). The molecule has 0 aromatic heterocycles. The highest BCUT2D eigenvalue weighted by molar-refractivity contribution is 6.02. The maximum absolute atomic E-state index is 14.2. The topological polar surface area (TPSA) is 51.0 Å². The summed E-state index contributed by atoms with van der Waals surface area (Å²) in [7, 11) is 0. The normalized spacial score (nSPS) is 16.8. The van der Waals surface area contributed by atoms with E-state index in [4.69, 9.17) is 9.47 Å². The van der Waals surface area contributed by atoms with Crippen LogP contribution in [-0.2, 0) is 11.2 Å². The van der Waals surface area contributed by atoms with E-state index in [9.17, 15) is 9.50 Å². The van der Waals surface area contributed by atoms with E-state index in [0.29, 0.717) is 42.4 Å². The molecule has 0 saturated heterocycles. The Morgan fingerprint density at radius 3 is 2.47 bits per heavy atom. The summed E-state index contributed by atoms with van der Waals surface area (Å²) in [5.74, 6) is 0.984. The fraction of sp³-hybridized carbons (Fsp3) is 0.222. The highest BCUT2D eigenvalue weighted by atomic mass is 19.1. The highest BCUT2D eigenvalue weighted by Crippen LogP contribution is 2.37. The van der Waals surface area contributed by atoms with Gasteiger partial charge in [0.15, 0.2) is 0 Å². The third kappa shape index (κ3) is 3.86. The molecule has 0 spiro atoms. The van der Waals surface area contributed by atoms with Gasteiger partial charge in [0.1, 0.15) is 30.5 Å². The van der Waals surface area contributed by atoms with Gasteiger partial charge in [0.05, 0.1) is 11.1 Å². The number of fused-ring (bicyclic) bond motifs is 1. The van der Waals surface area contributed by atoms with Crippen LogP contribution in [0, 0.1) is 5.82 Å². The number of benzene rings is 3. The molecule has 32 heavy (non-hydrogen) atoms. The van der Waals surface area contributed by atoms with E-state index < -0.39 is 0 Å². The van der Waals surface area contributed by atoms with Gasteiger partial charge in [-0.2, -0.15) is 0 Å². The SMILES string of the molecule is CC1(C)COC(c2ccc(F)cc2-c2ccc3c(c2)OCC(Cc2ccccc2)=C3O)=N1. The Morgan fingerprint density at radius 1 is 0.938 bits per heavy atom. The van der Waals surface area contributed by atoms with Gasteiger partial charge in [-0.15, -0.1) is 0 Å². The van der Waals surface area contributed by atoms with Crippen molar-refractivity contribution in [3.8, 4) is 16.9 Å². The molecule has 4 nitrogen and oxygen atoms in total. The van der Waals surface area contributed by atoms with Gasteiger partial charge in [-0.3, -0.25) is 0 Å². The molecule has 1 N–H and O–H groups in total. The van der Waals surface area contributed by atoms with Crippen LogP contribution in [0.3, 0.4) is 0 Å². The predicted octanol–water partition coefficient (Wildman–Crippen LogP) is 5.95. The Morgan fingerprint density at radius 2 is 1.72 bits per heavy atom. The van der Waals surface area contributed by atoms with Crippen LogP contribution in [0.4, 0.5) is 4.39 Å². The van der Waals surface area contributed by atoms with Crippen LogP contribution >= 0.6 is 0 Å². The monoisotopic (exact) mass is 429 g/mol. The minimum atomic E-state index is -0.340. The number of hydrogen-bond donors (Lipinski definition) is 1. The van der Waals surface area contributed by atoms with E-state index in [-0.39, 0.29) is 17.1 Å². The molecular formula is C27H24FNO3. The Balaban J connectivity index is 1.52. The summed E-state index contributed by atoms with van der Waals surface area (Å²) in [4.78, 5) is 4.65. The molecular weight excluding hydrogens is 405 g/mol. The quantitative estimate of drug-likeness (QED) is 0.557. The molecule has 0 bridgehead atoms. The molecule has 0 radical (unpaired) electrons. The van der Waals surface area contributed by atoms with Gasteiger partial charge in [0.2, 0.25) is 5.90 Å². The molecule has 5 heteroatoms. The van der Waals surface area contributed by atoms with Gasteiger partial charge in [0, 0.05) is 17.6 Å². The first-order valence-corrected chi connectivity index (χ1v) is 10.6. The van der Waals surface area contributed by atoms with Crippen molar-refractivity contribution >= 4 is 11.7 Å². The summed E-state index contributed by atoms with van der Waals surface area (Å²) in [5, 5.41) is 10.9. The largest absolute Gasteiger partial charge is 0.507 e. The molecule has 3 aromatic carbocycles. The summed E-state index contributed by atoms with van der Waals surface area (Å²) < 4.78 is 26.0. The first-order chi connectivity index (χ1) is 15.4. The molecule has 0 atom stereocenters. The fourth-order valence-electron chi connectivity index (χ4n) is 4.07. The molecule has 2 aliphatic rings. The van der Waals surface area contributed by atoms with Gasteiger partial charge in [-0.05, 0) is 60.9 Å². The number of nitrogens with zero attached hydrogens (tertiary/aromatic N) is 1. The van der Waals surface area contributed by atoms with E-state index >= 15 is 0 Å². The lowest BCUT2D eigenvalue weighted by atomic mass is 9.94. The standard InChI is InChI=1S/C27H24FNO3/c1-27(2)16-32-26(29-27)21-11-9-20(28)14-23(21)18-8-10-22-24(13-18)31-15-19(25(22)30)12-17-6-4-3-5-7-17/h3-11,13-14,30H,12,15-16H2,1-2H3. The number of halogens is 1. The predicted molar refractivity (Wildman–Crippen MR) is 124 cm³/mol. The van der Waals surface area contributed by atoms with Crippen molar-refractivity contribution in [1.82, 2.24) is 0 Å². The molecule has 162 valence electrons. The fourth-order valence-corrected chi connectivity index (χ4v) is 4.07. The van der Waals surface area contributed by atoms with E-state index in [1.54, 1.807) is 6.07 Å². The average molecular weight is 429 g/mol. The average Bonchev–Trinajstić information content (AvgIpc) is 3.15. The van der Waals surface area contributed by atoms with Crippen molar-refractivity contribution in [1.29, 1.82) is 0 Å². The van der Waals surface area contributed by atoms with Gasteiger partial charge in [-0.1, -0.05) is 36.4 Å². The number of aliphatic hydroxyl groups is 1. The number of rotatable bonds is 4. The summed E-state index contributed by atoms with van der Waals surface area (Å²) in [6, 6.07) is 20.1. The lowest BCUT2D eigenvalue weighted by Gasteiger charge is -2.22. The van der Waals surface area contributed by atoms with Gasteiger partial charge < -0.3 is 14.6 Å². The lowest BCUT2D eigenvalue weighted by Crippen LogP contribution is -2.17. The first kappa shape index (κ1) is 20.3. The second-order valence-electron chi connectivity index (χ2n) is 8.82. The molecule has 0 fully saturated rings. The second-order valence-corrected chi connectivity index (χ2v) is 8.82. The number of ether oxygens (including phenoxy) is 2. The van der Waals surface area contributed by atoms with Crippen molar-refractivity contribution in [2.24, 2.45) is 4.99 Å². The molecule has 0 amide bonds. The Bertz CT molecular complexity index is 1250. The summed E-state index contributed by atoms with van der Waals surface area (Å²) in [5.41, 5.74) is 4.45. The third-order valence-corrected chi connectivity index (χ3v) is 5.72. The number of aliphatic imine (C=N–C) groups is 1. The minimum Gasteiger partial charge on any atom is -0.507 e. The lowest BCUT2D eigenvalue weighted by molar-refractivity contribution is 0.279. The molecule has 2 aliphatic heterocycles. The summed E-state index contributed by atoms with van der Waals surface area (Å²) >= 11 is 0. The number of aliphatic hydroxyl groups excluding tert-OH is 1. The van der Waals surface area contributed by atoms with Crippen molar-refractivity contribution in [3.05, 3.63) is 94.8 Å². The van der Waals surface area contributed by atoms with E-state index in [1.807, 2.05) is 62.4 Å². The van der Waals surface area contributed by atoms with Gasteiger partial charge in [-0.25, -0.2) is 9.38 Å². The molecule has 0 unspecified atom stereocenters. The summed E-state index contributed by atoms with van der Waals surface area (Å²) in [6.07, 6.45) is 0.620. The highest BCUT2D eigenvalue weighted by Gasteiger charge is 2.29. The van der Waals surface area contributed by atoms with Gasteiger partial charge >= 0.3 is 0 Å². The van der Waals surface area contributed by atoms with Crippen LogP contribution < -0.4 is 4.74 Å². The van der Waals surface area contributed by atoms with Crippen LogP contribution in [0.5, 0.6) is 5.75 Å². The smallest absolute Gasteiger partial charge is 0.217 e. The Hall–Kier alpha value is -3.60. The Kier molecular flexibility index (Phi) is 4.97. The molecule has 0 saturated carbocycles. The van der Waals surface area contributed by atoms with Crippen molar-refractivity contribution in [3.63, 3.8) is 0 Å². The Labute approximate surface area is 186 Å². The number of hydrogen-bond acceptors (Lipinski definition) is 4. The maximum atomic E-state index is 14.2. The van der Waals surface area contributed by atoms with Crippen molar-refractivity contribution in [2.75, 3.05) is 13.2 Å². The van der Waals surface area contributed by atoms with Crippen LogP contribution in [0.15, 0.2) is 77.3 Å². The van der Waals surface area contributed by atoms with E-state index in [0.717, 1.165) is 22.3 Å². The van der Waals surface area contributed by atoms with Crippen molar-refractivity contribution < 1.29 is 19.0 Å². The van der Waals surface area contributed by atoms with E-state index in [1.165, 1.54) is 12.1 Å². The van der Waals surface area contributed by atoms with Crippen LogP contribution in [0.2, 0.25) is 0 Å². The molecule has 2 heterocycles. The first-order valence-electron chi connectivity index (χ1n) is 10.6. The van der Waals surface area contributed by atoms with Crippen molar-refractivity contribution in [2.45, 2.75) is 25.8 Å². The van der Waals surface area contributed by atoms with Gasteiger partial charge in [0.25, 0.3) is 0 Å². The zero-order valence-corrected chi connectivity index (χ0v) is 18.1. The third-order valence-electron chi connectivity index (χ3n) is 5.72. The zero-order valence-electron chi connectivity index (χ0n) is 18.1. The molecule has 3 aromatic rings. The second kappa shape index (κ2) is 7.83.